The summed E-state index contributed by atoms with van der Waals surface area (Å²) < 4.78 is 5.23. The van der Waals surface area contributed by atoms with E-state index in [1.54, 1.807) is 30.5 Å². The minimum absolute atomic E-state index is 0.0958. The number of carbonyl (C=O) groups excluding carboxylic acids is 3. The molecule has 1 aromatic heterocycles. The molecule has 0 aliphatic carbocycles. The number of nitrogens with one attached hydrogen (secondary N) is 2. The highest BCUT2D eigenvalue weighted by atomic mass is 16.6. The van der Waals surface area contributed by atoms with Crippen LogP contribution in [0.5, 0.6) is 0 Å². The van der Waals surface area contributed by atoms with E-state index in [0.717, 1.165) is 5.56 Å². The van der Waals surface area contributed by atoms with Crippen LogP contribution in [-0.4, -0.2) is 42.0 Å². The molecule has 1 aliphatic rings. The number of nitrogens with zero attached hydrogens (tertiary/aromatic N) is 1. The average molecular weight is 341 g/mol. The Bertz CT molecular complexity index is 810. The number of aromatic nitrogens is 1. The molecule has 25 heavy (non-hydrogen) atoms. The van der Waals surface area contributed by atoms with Crippen LogP contribution in [0.4, 0.5) is 10.5 Å². The van der Waals surface area contributed by atoms with Gasteiger partial charge in [0, 0.05) is 24.4 Å². The fraction of sp³-hybridized carbons (Fsp3) is 0.278. The molecular weight excluding hydrogens is 322 g/mol. The Morgan fingerprint density at radius 2 is 2.00 bits per heavy atom. The molecule has 2 heterocycles. The number of amides is 2. The van der Waals surface area contributed by atoms with E-state index in [-0.39, 0.29) is 24.3 Å². The Balaban J connectivity index is 1.70. The summed E-state index contributed by atoms with van der Waals surface area (Å²) in [5, 5.41) is 2.63. The molecule has 1 fully saturated rings. The number of ether oxygens (including phenoxy) is 1. The summed E-state index contributed by atoms with van der Waals surface area (Å²) in [4.78, 5) is 39.8. The van der Waals surface area contributed by atoms with Crippen LogP contribution in [-0.2, 0) is 9.53 Å². The predicted octanol–water partition coefficient (Wildman–Crippen LogP) is 2.02. The van der Waals surface area contributed by atoms with Gasteiger partial charge < -0.3 is 15.0 Å². The third-order valence-electron chi connectivity index (χ3n) is 4.08. The lowest BCUT2D eigenvalue weighted by Gasteiger charge is -2.13. The second kappa shape index (κ2) is 6.80. The van der Waals surface area contributed by atoms with E-state index >= 15 is 0 Å². The molecule has 0 bridgehead atoms. The van der Waals surface area contributed by atoms with Crippen LogP contribution >= 0.6 is 0 Å². The van der Waals surface area contributed by atoms with E-state index in [1.165, 1.54) is 11.8 Å². The van der Waals surface area contributed by atoms with Gasteiger partial charge in [-0.25, -0.2) is 4.79 Å². The van der Waals surface area contributed by atoms with Crippen molar-refractivity contribution in [1.82, 2.24) is 10.3 Å². The van der Waals surface area contributed by atoms with Crippen LogP contribution in [0.3, 0.4) is 0 Å². The largest absolute Gasteiger partial charge is 0.442 e. The normalized spacial score (nSPS) is 16.6. The molecule has 1 saturated heterocycles. The molecule has 0 unspecified atom stereocenters. The SMILES string of the molecule is CC(=O)NC[C@H]1CN(c2ccc(C(=O)c3[nH]ccc3C)cc2)C(=O)O1. The Labute approximate surface area is 145 Å². The van der Waals surface area contributed by atoms with Gasteiger partial charge in [0.15, 0.2) is 0 Å². The Morgan fingerprint density at radius 1 is 1.28 bits per heavy atom. The number of aryl methyl sites for hydroxylation is 1. The van der Waals surface area contributed by atoms with Gasteiger partial charge in [-0.1, -0.05) is 0 Å². The molecule has 2 aromatic rings. The first-order valence-electron chi connectivity index (χ1n) is 7.97. The number of rotatable bonds is 5. The molecule has 7 nitrogen and oxygen atoms in total. The fourth-order valence-corrected chi connectivity index (χ4v) is 2.73. The average Bonchev–Trinajstić information content (AvgIpc) is 3.18. The van der Waals surface area contributed by atoms with Gasteiger partial charge in [0.2, 0.25) is 11.7 Å². The zero-order valence-corrected chi connectivity index (χ0v) is 14.0. The minimum atomic E-state index is -0.463. The number of hydrogen-bond donors (Lipinski definition) is 2. The number of carbonyl (C=O) groups is 3. The molecule has 0 radical (unpaired) electrons. The van der Waals surface area contributed by atoms with Crippen LogP contribution in [0.2, 0.25) is 0 Å². The van der Waals surface area contributed by atoms with E-state index < -0.39 is 6.09 Å². The molecule has 0 spiro atoms. The van der Waals surface area contributed by atoms with Gasteiger partial charge in [0.1, 0.15) is 6.10 Å². The molecule has 1 aromatic carbocycles. The van der Waals surface area contributed by atoms with Crippen LogP contribution in [0.1, 0.15) is 28.5 Å². The van der Waals surface area contributed by atoms with Gasteiger partial charge in [-0.3, -0.25) is 14.5 Å². The number of benzene rings is 1. The summed E-state index contributed by atoms with van der Waals surface area (Å²) in [6, 6.07) is 8.65. The third kappa shape index (κ3) is 3.55. The summed E-state index contributed by atoms with van der Waals surface area (Å²) in [5.41, 5.74) is 2.63. The second-order valence-corrected chi connectivity index (χ2v) is 5.97. The van der Waals surface area contributed by atoms with E-state index in [1.807, 2.05) is 13.0 Å². The van der Waals surface area contributed by atoms with E-state index in [2.05, 4.69) is 10.3 Å². The minimum Gasteiger partial charge on any atom is -0.442 e. The van der Waals surface area contributed by atoms with Crippen LogP contribution in [0.15, 0.2) is 36.5 Å². The highest BCUT2D eigenvalue weighted by molar-refractivity contribution is 6.09. The molecule has 2 amide bonds. The number of anilines is 1. The summed E-state index contributed by atoms with van der Waals surface area (Å²) in [5.74, 6) is -0.265. The number of aromatic amines is 1. The Kier molecular flexibility index (Phi) is 4.56. The maximum absolute atomic E-state index is 12.4. The van der Waals surface area contributed by atoms with Crippen molar-refractivity contribution in [1.29, 1.82) is 0 Å². The lowest BCUT2D eigenvalue weighted by atomic mass is 10.1. The maximum Gasteiger partial charge on any atom is 0.414 e. The van der Waals surface area contributed by atoms with E-state index in [0.29, 0.717) is 23.5 Å². The van der Waals surface area contributed by atoms with Crippen molar-refractivity contribution in [3.63, 3.8) is 0 Å². The quantitative estimate of drug-likeness (QED) is 0.814. The van der Waals surface area contributed by atoms with Gasteiger partial charge in [0.25, 0.3) is 0 Å². The van der Waals surface area contributed by atoms with Gasteiger partial charge in [-0.05, 0) is 42.8 Å². The predicted molar refractivity (Wildman–Crippen MR) is 91.7 cm³/mol. The topological polar surface area (TPSA) is 91.5 Å². The van der Waals surface area contributed by atoms with Crippen molar-refractivity contribution in [2.24, 2.45) is 0 Å². The molecule has 2 N–H and O–H groups in total. The monoisotopic (exact) mass is 341 g/mol. The first-order chi connectivity index (χ1) is 12.0. The molecule has 130 valence electrons. The highest BCUT2D eigenvalue weighted by Gasteiger charge is 2.32. The maximum atomic E-state index is 12.4. The molecule has 1 atom stereocenters. The second-order valence-electron chi connectivity index (χ2n) is 5.97. The smallest absolute Gasteiger partial charge is 0.414 e. The van der Waals surface area contributed by atoms with Crippen molar-refractivity contribution in [3.05, 3.63) is 53.3 Å². The van der Waals surface area contributed by atoms with Gasteiger partial charge >= 0.3 is 6.09 Å². The van der Waals surface area contributed by atoms with Gasteiger partial charge in [-0.2, -0.15) is 0 Å². The molecule has 7 heteroatoms. The zero-order valence-electron chi connectivity index (χ0n) is 14.0. The Morgan fingerprint density at radius 3 is 2.60 bits per heavy atom. The van der Waals surface area contributed by atoms with E-state index in [4.69, 9.17) is 4.74 Å². The lowest BCUT2D eigenvalue weighted by molar-refractivity contribution is -0.119. The summed E-state index contributed by atoms with van der Waals surface area (Å²) in [7, 11) is 0. The van der Waals surface area contributed by atoms with Crippen molar-refractivity contribution in [2.45, 2.75) is 20.0 Å². The number of cyclic esters (lactones) is 1. The molecule has 1 aliphatic heterocycles. The number of H-pyrrole nitrogens is 1. The van der Waals surface area contributed by atoms with Crippen molar-refractivity contribution in [2.75, 3.05) is 18.0 Å². The third-order valence-corrected chi connectivity index (χ3v) is 4.08. The van der Waals surface area contributed by atoms with Gasteiger partial charge in [-0.15, -0.1) is 0 Å². The first-order valence-corrected chi connectivity index (χ1v) is 7.97. The van der Waals surface area contributed by atoms with Crippen LogP contribution in [0.25, 0.3) is 0 Å². The van der Waals surface area contributed by atoms with Crippen molar-refractivity contribution >= 4 is 23.5 Å². The Hall–Kier alpha value is -3.09. The fourth-order valence-electron chi connectivity index (χ4n) is 2.73. The first kappa shape index (κ1) is 16.8. The van der Waals surface area contributed by atoms with Crippen molar-refractivity contribution < 1.29 is 19.1 Å². The summed E-state index contributed by atoms with van der Waals surface area (Å²) in [6.07, 6.45) is 0.876. The molecule has 3 rings (SSSR count). The standard InChI is InChI=1S/C18H19N3O4/c1-11-7-8-19-16(11)17(23)13-3-5-14(6-4-13)21-10-15(25-18(21)24)9-20-12(2)22/h3-8,15,19H,9-10H2,1-2H3,(H,20,22)/t15-/m0/s1. The number of hydrogen-bond acceptors (Lipinski definition) is 4. The van der Waals surface area contributed by atoms with Crippen molar-refractivity contribution in [3.8, 4) is 0 Å². The van der Waals surface area contributed by atoms with Crippen LogP contribution < -0.4 is 10.2 Å². The summed E-state index contributed by atoms with van der Waals surface area (Å²) in [6.45, 7) is 3.91. The van der Waals surface area contributed by atoms with E-state index in [9.17, 15) is 14.4 Å². The number of ketones is 1. The highest BCUT2D eigenvalue weighted by Crippen LogP contribution is 2.23. The lowest BCUT2D eigenvalue weighted by Crippen LogP contribution is -2.33. The van der Waals surface area contributed by atoms with Crippen LogP contribution in [0, 0.1) is 6.92 Å². The zero-order chi connectivity index (χ0) is 18.0. The summed E-state index contributed by atoms with van der Waals surface area (Å²) >= 11 is 0. The molecular formula is C18H19N3O4. The van der Waals surface area contributed by atoms with Gasteiger partial charge in [0.05, 0.1) is 18.8 Å². The molecule has 0 saturated carbocycles.